The Hall–Kier alpha value is -2.95. The Labute approximate surface area is 168 Å². The van der Waals surface area contributed by atoms with Gasteiger partial charge in [0.2, 0.25) is 11.8 Å². The topological polar surface area (TPSA) is 91.4 Å². The minimum absolute atomic E-state index is 0.0468. The van der Waals surface area contributed by atoms with E-state index in [1.54, 1.807) is 29.8 Å². The Morgan fingerprint density at radius 3 is 2.41 bits per heavy atom. The number of carbonyl (C=O) groups is 3. The second-order valence-corrected chi connectivity index (χ2v) is 6.85. The van der Waals surface area contributed by atoms with Crippen molar-refractivity contribution in [2.45, 2.75) is 32.5 Å². The van der Waals surface area contributed by atoms with Gasteiger partial charge < -0.3 is 15.5 Å². The first kappa shape index (κ1) is 22.3. The maximum Gasteiger partial charge on any atom is 0.471 e. The standard InChI is InChI=1S/C18H19F3N4O3S/c1-2-25(16(28)18(19,20)21)11-12-4-3-5-13(10-12)23-14(26)6-7-15(27)24-17-22-8-9-29-17/h3-5,8-10H,2,6-7,11H2,1H3,(H,23,26)(H,22,24,27). The fraction of sp³-hybridized carbons (Fsp3) is 0.333. The Kier molecular flexibility index (Phi) is 7.71. The van der Waals surface area contributed by atoms with Crippen molar-refractivity contribution in [3.8, 4) is 0 Å². The number of amides is 3. The van der Waals surface area contributed by atoms with Crippen molar-refractivity contribution in [1.82, 2.24) is 9.88 Å². The van der Waals surface area contributed by atoms with Crippen LogP contribution < -0.4 is 10.6 Å². The molecule has 1 aromatic carbocycles. The van der Waals surface area contributed by atoms with Crippen LogP contribution >= 0.6 is 11.3 Å². The lowest BCUT2D eigenvalue weighted by atomic mass is 10.1. The zero-order valence-corrected chi connectivity index (χ0v) is 16.3. The van der Waals surface area contributed by atoms with Crippen LogP contribution in [0.1, 0.15) is 25.3 Å². The van der Waals surface area contributed by atoms with Gasteiger partial charge in [0.1, 0.15) is 0 Å². The normalized spacial score (nSPS) is 11.0. The summed E-state index contributed by atoms with van der Waals surface area (Å²) in [6.07, 6.45) is -3.52. The smallest absolute Gasteiger partial charge is 0.331 e. The molecule has 0 aliphatic carbocycles. The van der Waals surface area contributed by atoms with Gasteiger partial charge in [-0.3, -0.25) is 14.4 Å². The van der Waals surface area contributed by atoms with Crippen molar-refractivity contribution in [3.05, 3.63) is 41.4 Å². The van der Waals surface area contributed by atoms with Gasteiger partial charge in [0.05, 0.1) is 0 Å². The van der Waals surface area contributed by atoms with E-state index in [4.69, 9.17) is 0 Å². The Morgan fingerprint density at radius 1 is 1.14 bits per heavy atom. The first-order chi connectivity index (χ1) is 13.7. The van der Waals surface area contributed by atoms with E-state index in [-0.39, 0.29) is 31.8 Å². The second kappa shape index (κ2) is 10.0. The molecule has 1 heterocycles. The minimum Gasteiger partial charge on any atom is -0.331 e. The third kappa shape index (κ3) is 7.18. The summed E-state index contributed by atoms with van der Waals surface area (Å²) in [5.41, 5.74) is 0.798. The Morgan fingerprint density at radius 2 is 1.83 bits per heavy atom. The van der Waals surface area contributed by atoms with E-state index in [9.17, 15) is 27.6 Å². The number of anilines is 2. The van der Waals surface area contributed by atoms with Gasteiger partial charge in [0.25, 0.3) is 0 Å². The molecule has 0 saturated carbocycles. The number of nitrogens with zero attached hydrogens (tertiary/aromatic N) is 2. The molecule has 0 unspecified atom stereocenters. The van der Waals surface area contributed by atoms with E-state index in [0.29, 0.717) is 21.3 Å². The fourth-order valence-corrected chi connectivity index (χ4v) is 2.94. The molecule has 0 aliphatic heterocycles. The molecule has 0 fully saturated rings. The summed E-state index contributed by atoms with van der Waals surface area (Å²) in [5.74, 6) is -2.69. The third-order valence-corrected chi connectivity index (χ3v) is 4.44. The van der Waals surface area contributed by atoms with E-state index < -0.39 is 18.0 Å². The molecule has 2 rings (SSSR count). The molecular weight excluding hydrogens is 409 g/mol. The van der Waals surface area contributed by atoms with Gasteiger partial charge >= 0.3 is 12.1 Å². The summed E-state index contributed by atoms with van der Waals surface area (Å²) in [4.78, 5) is 39.8. The molecular formula is C18H19F3N4O3S. The maximum absolute atomic E-state index is 12.6. The molecule has 0 bridgehead atoms. The fourth-order valence-electron chi connectivity index (χ4n) is 2.39. The van der Waals surface area contributed by atoms with E-state index in [1.807, 2.05) is 0 Å². The largest absolute Gasteiger partial charge is 0.471 e. The number of alkyl halides is 3. The quantitative estimate of drug-likeness (QED) is 0.674. The molecule has 156 valence electrons. The third-order valence-electron chi connectivity index (χ3n) is 3.75. The van der Waals surface area contributed by atoms with Gasteiger partial charge in [0, 0.05) is 43.2 Å². The van der Waals surface area contributed by atoms with Crippen LogP contribution in [0, 0.1) is 0 Å². The SMILES string of the molecule is CCN(Cc1cccc(NC(=O)CCC(=O)Nc2nccs2)c1)C(=O)C(F)(F)F. The number of carbonyl (C=O) groups excluding carboxylic acids is 3. The highest BCUT2D eigenvalue weighted by Crippen LogP contribution is 2.21. The monoisotopic (exact) mass is 428 g/mol. The van der Waals surface area contributed by atoms with Crippen LogP contribution in [0.25, 0.3) is 0 Å². The number of thiazole rings is 1. The molecule has 0 spiro atoms. The molecule has 1 aromatic heterocycles. The lowest BCUT2D eigenvalue weighted by Gasteiger charge is -2.22. The van der Waals surface area contributed by atoms with Gasteiger partial charge in [-0.2, -0.15) is 13.2 Å². The minimum atomic E-state index is -4.94. The molecule has 0 saturated heterocycles. The highest BCUT2D eigenvalue weighted by molar-refractivity contribution is 7.13. The van der Waals surface area contributed by atoms with Crippen LogP contribution in [0.4, 0.5) is 24.0 Å². The van der Waals surface area contributed by atoms with Crippen LogP contribution in [0.15, 0.2) is 35.8 Å². The highest BCUT2D eigenvalue weighted by Gasteiger charge is 2.41. The molecule has 0 atom stereocenters. The van der Waals surface area contributed by atoms with Crippen LogP contribution in [0.5, 0.6) is 0 Å². The van der Waals surface area contributed by atoms with Crippen molar-refractivity contribution < 1.29 is 27.6 Å². The highest BCUT2D eigenvalue weighted by atomic mass is 32.1. The second-order valence-electron chi connectivity index (χ2n) is 5.95. The molecule has 29 heavy (non-hydrogen) atoms. The lowest BCUT2D eigenvalue weighted by Crippen LogP contribution is -2.40. The van der Waals surface area contributed by atoms with Gasteiger partial charge in [-0.05, 0) is 24.6 Å². The first-order valence-corrected chi connectivity index (χ1v) is 9.51. The van der Waals surface area contributed by atoms with Crippen LogP contribution in [0.2, 0.25) is 0 Å². The number of hydrogen-bond acceptors (Lipinski definition) is 5. The number of hydrogen-bond donors (Lipinski definition) is 2. The Bertz CT molecular complexity index is 856. The predicted octanol–water partition coefficient (Wildman–Crippen LogP) is 3.41. The van der Waals surface area contributed by atoms with E-state index in [1.165, 1.54) is 24.3 Å². The lowest BCUT2D eigenvalue weighted by molar-refractivity contribution is -0.185. The molecule has 2 aromatic rings. The van der Waals surface area contributed by atoms with E-state index in [0.717, 1.165) is 0 Å². The predicted molar refractivity (Wildman–Crippen MR) is 102 cm³/mol. The number of rotatable bonds is 8. The van der Waals surface area contributed by atoms with E-state index >= 15 is 0 Å². The molecule has 0 aliphatic rings. The molecule has 3 amide bonds. The summed E-state index contributed by atoms with van der Waals surface area (Å²) in [6.45, 7) is 1.10. The van der Waals surface area contributed by atoms with Gasteiger partial charge in [-0.15, -0.1) is 11.3 Å². The number of nitrogens with one attached hydrogen (secondary N) is 2. The van der Waals surface area contributed by atoms with Crippen molar-refractivity contribution in [2.24, 2.45) is 0 Å². The van der Waals surface area contributed by atoms with Crippen molar-refractivity contribution in [3.63, 3.8) is 0 Å². The average molecular weight is 428 g/mol. The van der Waals surface area contributed by atoms with Crippen molar-refractivity contribution in [2.75, 3.05) is 17.2 Å². The molecule has 7 nitrogen and oxygen atoms in total. The maximum atomic E-state index is 12.6. The van der Waals surface area contributed by atoms with Gasteiger partial charge in [-0.25, -0.2) is 4.98 Å². The number of benzene rings is 1. The zero-order chi connectivity index (χ0) is 21.4. The summed E-state index contributed by atoms with van der Waals surface area (Å²) in [5, 5.41) is 7.30. The molecule has 0 radical (unpaired) electrons. The number of aromatic nitrogens is 1. The summed E-state index contributed by atoms with van der Waals surface area (Å²) >= 11 is 1.26. The summed E-state index contributed by atoms with van der Waals surface area (Å²) < 4.78 is 37.9. The summed E-state index contributed by atoms with van der Waals surface area (Å²) in [7, 11) is 0. The average Bonchev–Trinajstić information content (AvgIpc) is 3.16. The van der Waals surface area contributed by atoms with Crippen LogP contribution in [-0.2, 0) is 20.9 Å². The molecule has 2 N–H and O–H groups in total. The number of halogens is 3. The van der Waals surface area contributed by atoms with Gasteiger partial charge in [0.15, 0.2) is 5.13 Å². The zero-order valence-electron chi connectivity index (χ0n) is 15.5. The van der Waals surface area contributed by atoms with Gasteiger partial charge in [-0.1, -0.05) is 12.1 Å². The molecule has 11 heteroatoms. The van der Waals surface area contributed by atoms with Crippen LogP contribution in [-0.4, -0.2) is 40.3 Å². The van der Waals surface area contributed by atoms with Crippen molar-refractivity contribution in [1.29, 1.82) is 0 Å². The van der Waals surface area contributed by atoms with E-state index in [2.05, 4.69) is 15.6 Å². The Balaban J connectivity index is 1.89. The summed E-state index contributed by atoms with van der Waals surface area (Å²) in [6, 6.07) is 6.17. The van der Waals surface area contributed by atoms with Crippen molar-refractivity contribution >= 4 is 39.9 Å². The van der Waals surface area contributed by atoms with Crippen LogP contribution in [0.3, 0.4) is 0 Å². The first-order valence-electron chi connectivity index (χ1n) is 8.63.